The molecule has 0 aliphatic carbocycles. The van der Waals surface area contributed by atoms with Gasteiger partial charge in [0.25, 0.3) is 0 Å². The SMILES string of the molecule is NC[C@H]1CC[C@@H](C(=O)NC2CCN(Cc3ccc(F)c(F)c3)CC2)O1. The molecule has 1 amide bonds. The third kappa shape index (κ3) is 4.74. The van der Waals surface area contributed by atoms with Gasteiger partial charge >= 0.3 is 0 Å². The van der Waals surface area contributed by atoms with Gasteiger partial charge in [0, 0.05) is 32.2 Å². The maximum atomic E-state index is 13.3. The van der Waals surface area contributed by atoms with Gasteiger partial charge < -0.3 is 15.8 Å². The zero-order valence-corrected chi connectivity index (χ0v) is 14.2. The molecule has 5 nitrogen and oxygen atoms in total. The van der Waals surface area contributed by atoms with E-state index in [-0.39, 0.29) is 24.2 Å². The van der Waals surface area contributed by atoms with E-state index in [1.807, 2.05) is 0 Å². The smallest absolute Gasteiger partial charge is 0.249 e. The van der Waals surface area contributed by atoms with Crippen molar-refractivity contribution in [2.24, 2.45) is 5.73 Å². The number of benzene rings is 1. The van der Waals surface area contributed by atoms with Gasteiger partial charge in [-0.25, -0.2) is 8.78 Å². The van der Waals surface area contributed by atoms with Crippen LogP contribution in [0.3, 0.4) is 0 Å². The van der Waals surface area contributed by atoms with Crippen LogP contribution in [0.25, 0.3) is 0 Å². The van der Waals surface area contributed by atoms with Crippen molar-refractivity contribution in [1.29, 1.82) is 0 Å². The van der Waals surface area contributed by atoms with Gasteiger partial charge in [0.1, 0.15) is 6.10 Å². The zero-order valence-electron chi connectivity index (χ0n) is 14.2. The minimum Gasteiger partial charge on any atom is -0.364 e. The molecule has 1 aromatic carbocycles. The largest absolute Gasteiger partial charge is 0.364 e. The summed E-state index contributed by atoms with van der Waals surface area (Å²) in [4.78, 5) is 14.4. The Balaban J connectivity index is 1.42. The molecule has 1 aromatic rings. The molecular weight excluding hydrogens is 328 g/mol. The summed E-state index contributed by atoms with van der Waals surface area (Å²) in [5.74, 6) is -1.68. The number of hydrogen-bond donors (Lipinski definition) is 2. The van der Waals surface area contributed by atoms with E-state index in [2.05, 4.69) is 10.2 Å². The van der Waals surface area contributed by atoms with Gasteiger partial charge in [-0.1, -0.05) is 6.07 Å². The van der Waals surface area contributed by atoms with Crippen molar-refractivity contribution in [3.63, 3.8) is 0 Å². The summed E-state index contributed by atoms with van der Waals surface area (Å²) in [6.45, 7) is 2.65. The molecule has 7 heteroatoms. The first-order chi connectivity index (χ1) is 12.0. The normalized spacial score (nSPS) is 25.2. The highest BCUT2D eigenvalue weighted by atomic mass is 19.2. The lowest BCUT2D eigenvalue weighted by Gasteiger charge is -2.32. The van der Waals surface area contributed by atoms with Crippen molar-refractivity contribution in [1.82, 2.24) is 10.2 Å². The first-order valence-corrected chi connectivity index (χ1v) is 8.87. The second-order valence-electron chi connectivity index (χ2n) is 6.87. The Morgan fingerprint density at radius 3 is 2.60 bits per heavy atom. The lowest BCUT2D eigenvalue weighted by Crippen LogP contribution is -2.47. The summed E-state index contributed by atoms with van der Waals surface area (Å²) < 4.78 is 31.9. The molecule has 3 rings (SSSR count). The topological polar surface area (TPSA) is 67.6 Å². The molecule has 2 saturated heterocycles. The van der Waals surface area contributed by atoms with Crippen LogP contribution in [0, 0.1) is 11.6 Å². The van der Waals surface area contributed by atoms with Gasteiger partial charge in [0.2, 0.25) is 5.91 Å². The average molecular weight is 353 g/mol. The van der Waals surface area contributed by atoms with Crippen LogP contribution >= 0.6 is 0 Å². The van der Waals surface area contributed by atoms with Crippen molar-refractivity contribution < 1.29 is 18.3 Å². The summed E-state index contributed by atoms with van der Waals surface area (Å²) in [6.07, 6.45) is 2.84. The highest BCUT2D eigenvalue weighted by Crippen LogP contribution is 2.20. The number of nitrogens with two attached hydrogens (primary N) is 1. The molecule has 0 spiro atoms. The highest BCUT2D eigenvalue weighted by Gasteiger charge is 2.31. The van der Waals surface area contributed by atoms with Crippen LogP contribution in [-0.4, -0.2) is 48.7 Å². The van der Waals surface area contributed by atoms with E-state index in [0.717, 1.165) is 50.4 Å². The maximum Gasteiger partial charge on any atom is 0.249 e. The van der Waals surface area contributed by atoms with Crippen LogP contribution < -0.4 is 11.1 Å². The Labute approximate surface area is 146 Å². The van der Waals surface area contributed by atoms with Crippen molar-refractivity contribution in [3.8, 4) is 0 Å². The van der Waals surface area contributed by atoms with Gasteiger partial charge in [-0.05, 0) is 43.4 Å². The summed E-state index contributed by atoms with van der Waals surface area (Å²) >= 11 is 0. The summed E-state index contributed by atoms with van der Waals surface area (Å²) in [5.41, 5.74) is 6.33. The average Bonchev–Trinajstić information content (AvgIpc) is 3.09. The number of carbonyl (C=O) groups is 1. The molecule has 0 radical (unpaired) electrons. The van der Waals surface area contributed by atoms with Crippen molar-refractivity contribution >= 4 is 5.91 Å². The minimum absolute atomic E-state index is 0.00583. The van der Waals surface area contributed by atoms with Crippen molar-refractivity contribution in [2.75, 3.05) is 19.6 Å². The first-order valence-electron chi connectivity index (χ1n) is 8.87. The number of hydrogen-bond acceptors (Lipinski definition) is 4. The quantitative estimate of drug-likeness (QED) is 0.843. The second kappa shape index (κ2) is 8.21. The van der Waals surface area contributed by atoms with Gasteiger partial charge in [0.15, 0.2) is 11.6 Å². The number of ether oxygens (including phenoxy) is 1. The third-order valence-corrected chi connectivity index (χ3v) is 4.99. The second-order valence-corrected chi connectivity index (χ2v) is 6.87. The summed E-state index contributed by atoms with van der Waals surface area (Å²) in [7, 11) is 0. The Hall–Kier alpha value is -1.57. The molecule has 2 aliphatic heterocycles. The molecule has 3 N–H and O–H groups in total. The Bertz CT molecular complexity index is 606. The number of halogens is 2. The monoisotopic (exact) mass is 353 g/mol. The van der Waals surface area contributed by atoms with Crippen LogP contribution in [-0.2, 0) is 16.1 Å². The molecule has 0 unspecified atom stereocenters. The lowest BCUT2D eigenvalue weighted by molar-refractivity contribution is -0.132. The molecule has 2 atom stereocenters. The van der Waals surface area contributed by atoms with E-state index in [1.165, 1.54) is 6.07 Å². The fourth-order valence-corrected chi connectivity index (χ4v) is 3.50. The molecule has 0 aromatic heterocycles. The van der Waals surface area contributed by atoms with E-state index in [9.17, 15) is 13.6 Å². The Morgan fingerprint density at radius 2 is 1.96 bits per heavy atom. The number of amides is 1. The number of rotatable bonds is 5. The zero-order chi connectivity index (χ0) is 17.8. The fourth-order valence-electron chi connectivity index (χ4n) is 3.50. The molecule has 138 valence electrons. The number of piperidine rings is 1. The molecule has 0 saturated carbocycles. The van der Waals surface area contributed by atoms with E-state index in [1.54, 1.807) is 6.07 Å². The molecule has 2 heterocycles. The third-order valence-electron chi connectivity index (χ3n) is 4.99. The van der Waals surface area contributed by atoms with Crippen LogP contribution in [0.1, 0.15) is 31.2 Å². The van der Waals surface area contributed by atoms with E-state index >= 15 is 0 Å². The first kappa shape index (κ1) is 18.2. The number of carbonyl (C=O) groups excluding carboxylic acids is 1. The Morgan fingerprint density at radius 1 is 1.20 bits per heavy atom. The summed E-state index contributed by atoms with van der Waals surface area (Å²) in [5, 5.41) is 3.07. The molecule has 0 bridgehead atoms. The van der Waals surface area contributed by atoms with Gasteiger partial charge in [0.05, 0.1) is 6.10 Å². The van der Waals surface area contributed by atoms with Crippen LogP contribution in [0.15, 0.2) is 18.2 Å². The predicted molar refractivity (Wildman–Crippen MR) is 89.7 cm³/mol. The minimum atomic E-state index is -0.823. The van der Waals surface area contributed by atoms with E-state index in [0.29, 0.717) is 13.1 Å². The van der Waals surface area contributed by atoms with E-state index in [4.69, 9.17) is 10.5 Å². The molecule has 25 heavy (non-hydrogen) atoms. The number of nitrogens with zero attached hydrogens (tertiary/aromatic N) is 1. The summed E-state index contributed by atoms with van der Waals surface area (Å²) in [6, 6.07) is 4.15. The number of likely N-dealkylation sites (tertiary alicyclic amines) is 1. The van der Waals surface area contributed by atoms with Gasteiger partial charge in [-0.15, -0.1) is 0 Å². The maximum absolute atomic E-state index is 13.3. The Kier molecular flexibility index (Phi) is 5.98. The highest BCUT2D eigenvalue weighted by molar-refractivity contribution is 5.81. The van der Waals surface area contributed by atoms with Crippen molar-refractivity contribution in [2.45, 2.75) is 50.5 Å². The van der Waals surface area contributed by atoms with Gasteiger partial charge in [-0.2, -0.15) is 0 Å². The standard InChI is InChI=1S/C18H25F2N3O2/c19-15-3-1-12(9-16(15)20)11-23-7-5-13(6-8-23)22-18(24)17-4-2-14(10-21)25-17/h1,3,9,13-14,17H,2,4-8,10-11,21H2,(H,22,24)/t14-,17+/m1/s1. The number of nitrogens with one attached hydrogen (secondary N) is 1. The molecule has 2 fully saturated rings. The van der Waals surface area contributed by atoms with Crippen LogP contribution in [0.5, 0.6) is 0 Å². The van der Waals surface area contributed by atoms with Crippen molar-refractivity contribution in [3.05, 3.63) is 35.4 Å². The fraction of sp³-hybridized carbons (Fsp3) is 0.611. The van der Waals surface area contributed by atoms with E-state index < -0.39 is 11.6 Å². The molecular formula is C18H25F2N3O2. The lowest BCUT2D eigenvalue weighted by atomic mass is 10.0. The van der Waals surface area contributed by atoms with Crippen LogP contribution in [0.4, 0.5) is 8.78 Å². The van der Waals surface area contributed by atoms with Crippen LogP contribution in [0.2, 0.25) is 0 Å². The van der Waals surface area contributed by atoms with Gasteiger partial charge in [-0.3, -0.25) is 9.69 Å². The molecule has 2 aliphatic rings. The predicted octanol–water partition coefficient (Wildman–Crippen LogP) is 1.55.